The van der Waals surface area contributed by atoms with E-state index in [4.69, 9.17) is 13.6 Å². The van der Waals surface area contributed by atoms with Gasteiger partial charge in [-0.25, -0.2) is 0 Å². The summed E-state index contributed by atoms with van der Waals surface area (Å²) >= 11 is 0. The Hall–Kier alpha value is -1.24. The molecule has 0 aromatic carbocycles. The lowest BCUT2D eigenvalue weighted by Gasteiger charge is -2.25. The number of hydrogen-bond donors (Lipinski definition) is 0. The zero-order valence-electron chi connectivity index (χ0n) is 11.7. The SMILES string of the molecule is CCO[Si](C)(COC(=O)Cc1ccncc1)OCC. The molecule has 0 aliphatic heterocycles. The number of aromatic nitrogens is 1. The van der Waals surface area contributed by atoms with Gasteiger partial charge in [0.15, 0.2) is 0 Å². The molecule has 0 unspecified atom stereocenters. The number of pyridine rings is 1. The van der Waals surface area contributed by atoms with Gasteiger partial charge in [0.05, 0.1) is 6.42 Å². The average molecular weight is 283 g/mol. The van der Waals surface area contributed by atoms with Crippen LogP contribution in [0.2, 0.25) is 6.55 Å². The van der Waals surface area contributed by atoms with E-state index in [0.717, 1.165) is 5.56 Å². The lowest BCUT2D eigenvalue weighted by atomic mass is 10.2. The zero-order chi connectivity index (χ0) is 14.1. The molecule has 6 heteroatoms. The Morgan fingerprint density at radius 3 is 2.32 bits per heavy atom. The first-order valence-corrected chi connectivity index (χ1v) is 8.94. The summed E-state index contributed by atoms with van der Waals surface area (Å²) in [7, 11) is -2.38. The third-order valence-corrected chi connectivity index (χ3v) is 4.96. The Kier molecular flexibility index (Phi) is 6.69. The number of nitrogens with zero attached hydrogens (tertiary/aromatic N) is 1. The second kappa shape index (κ2) is 8.03. The molecule has 0 spiro atoms. The molecular formula is C13H21NO4Si. The van der Waals surface area contributed by atoms with Crippen molar-refractivity contribution in [1.82, 2.24) is 4.98 Å². The Labute approximate surface area is 115 Å². The first kappa shape index (κ1) is 15.8. The molecule has 19 heavy (non-hydrogen) atoms. The van der Waals surface area contributed by atoms with Gasteiger partial charge in [0.1, 0.15) is 6.23 Å². The highest BCUT2D eigenvalue weighted by atomic mass is 28.4. The molecular weight excluding hydrogens is 262 g/mol. The minimum atomic E-state index is -2.38. The maximum atomic E-state index is 11.7. The first-order chi connectivity index (χ1) is 9.09. The first-order valence-electron chi connectivity index (χ1n) is 6.42. The van der Waals surface area contributed by atoms with E-state index in [2.05, 4.69) is 4.98 Å². The minimum absolute atomic E-state index is 0.221. The van der Waals surface area contributed by atoms with Crippen molar-refractivity contribution in [1.29, 1.82) is 0 Å². The van der Waals surface area contributed by atoms with E-state index in [1.165, 1.54) is 0 Å². The molecule has 0 saturated heterocycles. The lowest BCUT2D eigenvalue weighted by molar-refractivity contribution is -0.141. The van der Waals surface area contributed by atoms with E-state index in [1.54, 1.807) is 24.5 Å². The van der Waals surface area contributed by atoms with E-state index >= 15 is 0 Å². The highest BCUT2D eigenvalue weighted by Crippen LogP contribution is 2.09. The maximum absolute atomic E-state index is 11.7. The largest absolute Gasteiger partial charge is 0.464 e. The Morgan fingerprint density at radius 2 is 1.79 bits per heavy atom. The molecule has 0 N–H and O–H groups in total. The van der Waals surface area contributed by atoms with Crippen molar-refractivity contribution in [3.63, 3.8) is 0 Å². The summed E-state index contributed by atoms with van der Waals surface area (Å²) in [5, 5.41) is 0. The second-order valence-corrected chi connectivity index (χ2v) is 7.33. The van der Waals surface area contributed by atoms with Crippen molar-refractivity contribution < 1.29 is 18.4 Å². The van der Waals surface area contributed by atoms with E-state index in [0.29, 0.717) is 13.2 Å². The molecule has 0 amide bonds. The normalized spacial score (nSPS) is 11.3. The van der Waals surface area contributed by atoms with Crippen molar-refractivity contribution in [2.24, 2.45) is 0 Å². The fourth-order valence-electron chi connectivity index (χ4n) is 1.67. The molecule has 0 radical (unpaired) electrons. The fourth-order valence-corrected chi connectivity index (χ4v) is 3.56. The van der Waals surface area contributed by atoms with E-state index in [1.807, 2.05) is 20.4 Å². The molecule has 0 saturated carbocycles. The summed E-state index contributed by atoms with van der Waals surface area (Å²) in [6, 6.07) is 3.59. The Bertz CT molecular complexity index is 379. The maximum Gasteiger partial charge on any atom is 0.373 e. The van der Waals surface area contributed by atoms with Crippen molar-refractivity contribution in [2.75, 3.05) is 19.4 Å². The van der Waals surface area contributed by atoms with Crippen LogP contribution >= 0.6 is 0 Å². The Balaban J connectivity index is 2.43. The number of esters is 1. The van der Waals surface area contributed by atoms with Gasteiger partial charge in [-0.15, -0.1) is 0 Å². The topological polar surface area (TPSA) is 57.7 Å². The van der Waals surface area contributed by atoms with E-state index in [9.17, 15) is 4.79 Å². The van der Waals surface area contributed by atoms with Crippen LogP contribution in [-0.2, 0) is 24.8 Å². The molecule has 106 valence electrons. The predicted octanol–water partition coefficient (Wildman–Crippen LogP) is 1.85. The predicted molar refractivity (Wildman–Crippen MR) is 73.8 cm³/mol. The van der Waals surface area contributed by atoms with Gasteiger partial charge >= 0.3 is 14.5 Å². The van der Waals surface area contributed by atoms with E-state index in [-0.39, 0.29) is 18.6 Å². The van der Waals surface area contributed by atoms with Gasteiger partial charge in [0, 0.05) is 25.6 Å². The summed E-state index contributed by atoms with van der Waals surface area (Å²) in [6.07, 6.45) is 3.77. The molecule has 5 nitrogen and oxygen atoms in total. The van der Waals surface area contributed by atoms with Crippen LogP contribution in [0.15, 0.2) is 24.5 Å². The van der Waals surface area contributed by atoms with Crippen LogP contribution in [0.1, 0.15) is 19.4 Å². The summed E-state index contributed by atoms with van der Waals surface area (Å²) < 4.78 is 16.5. The number of ether oxygens (including phenoxy) is 1. The van der Waals surface area contributed by atoms with Gasteiger partial charge in [-0.1, -0.05) is 0 Å². The van der Waals surface area contributed by atoms with Crippen molar-refractivity contribution in [2.45, 2.75) is 26.8 Å². The highest BCUT2D eigenvalue weighted by Gasteiger charge is 2.33. The standard InChI is InChI=1S/C13H21NO4Si/c1-4-17-19(3,18-5-2)11-16-13(15)10-12-6-8-14-9-7-12/h6-9H,4-5,10-11H2,1-3H3. The summed E-state index contributed by atoms with van der Waals surface area (Å²) in [4.78, 5) is 15.6. The number of hydrogen-bond acceptors (Lipinski definition) is 5. The third-order valence-electron chi connectivity index (χ3n) is 2.49. The van der Waals surface area contributed by atoms with Gasteiger partial charge in [-0.05, 0) is 38.1 Å². The molecule has 1 rings (SSSR count). The molecule has 1 aromatic rings. The van der Waals surface area contributed by atoms with Gasteiger partial charge in [-0.3, -0.25) is 9.78 Å². The molecule has 0 atom stereocenters. The van der Waals surface area contributed by atoms with Crippen LogP contribution in [0.3, 0.4) is 0 Å². The molecule has 0 aliphatic carbocycles. The number of carbonyl (C=O) groups excluding carboxylic acids is 1. The van der Waals surface area contributed by atoms with Gasteiger partial charge in [0.2, 0.25) is 0 Å². The summed E-state index contributed by atoms with van der Waals surface area (Å²) in [5.41, 5.74) is 0.885. The molecule has 1 aromatic heterocycles. The molecule has 1 heterocycles. The van der Waals surface area contributed by atoms with Crippen LogP contribution in [-0.4, -0.2) is 39.0 Å². The number of carbonyl (C=O) groups is 1. The fraction of sp³-hybridized carbons (Fsp3) is 0.538. The van der Waals surface area contributed by atoms with E-state index < -0.39 is 8.56 Å². The summed E-state index contributed by atoms with van der Waals surface area (Å²) in [5.74, 6) is -0.274. The minimum Gasteiger partial charge on any atom is -0.464 e. The Morgan fingerprint density at radius 1 is 1.21 bits per heavy atom. The monoisotopic (exact) mass is 283 g/mol. The molecule has 0 aliphatic rings. The average Bonchev–Trinajstić information content (AvgIpc) is 2.38. The van der Waals surface area contributed by atoms with Gasteiger partial charge in [0.25, 0.3) is 0 Å². The van der Waals surface area contributed by atoms with Crippen LogP contribution in [0.25, 0.3) is 0 Å². The zero-order valence-corrected chi connectivity index (χ0v) is 12.7. The molecule has 0 bridgehead atoms. The number of rotatable bonds is 8. The van der Waals surface area contributed by atoms with Gasteiger partial charge in [-0.2, -0.15) is 0 Å². The van der Waals surface area contributed by atoms with Crippen LogP contribution in [0.4, 0.5) is 0 Å². The third kappa shape index (κ3) is 5.95. The van der Waals surface area contributed by atoms with Gasteiger partial charge < -0.3 is 13.6 Å². The van der Waals surface area contributed by atoms with Crippen LogP contribution in [0.5, 0.6) is 0 Å². The lowest BCUT2D eigenvalue weighted by Crippen LogP contribution is -2.45. The van der Waals surface area contributed by atoms with Crippen molar-refractivity contribution >= 4 is 14.5 Å². The van der Waals surface area contributed by atoms with Crippen LogP contribution in [0, 0.1) is 0 Å². The van der Waals surface area contributed by atoms with Crippen molar-refractivity contribution in [3.05, 3.63) is 30.1 Å². The summed E-state index contributed by atoms with van der Waals surface area (Å²) in [6.45, 7) is 6.83. The van der Waals surface area contributed by atoms with Crippen molar-refractivity contribution in [3.8, 4) is 0 Å². The second-order valence-electron chi connectivity index (χ2n) is 4.19. The highest BCUT2D eigenvalue weighted by molar-refractivity contribution is 6.66. The quantitative estimate of drug-likeness (QED) is 0.538. The molecule has 0 fully saturated rings. The van der Waals surface area contributed by atoms with Crippen LogP contribution < -0.4 is 0 Å². The smallest absolute Gasteiger partial charge is 0.373 e.